The zero-order valence-electron chi connectivity index (χ0n) is 14.2. The maximum atomic E-state index is 13.4. The van der Waals surface area contributed by atoms with Crippen LogP contribution < -0.4 is 16.6 Å². The molecule has 0 radical (unpaired) electrons. The van der Waals surface area contributed by atoms with Crippen molar-refractivity contribution in [2.75, 3.05) is 6.54 Å². The molecule has 1 aliphatic heterocycles. The van der Waals surface area contributed by atoms with Gasteiger partial charge in [-0.1, -0.05) is 29.3 Å². The lowest BCUT2D eigenvalue weighted by Crippen LogP contribution is -2.29. The van der Waals surface area contributed by atoms with Crippen molar-refractivity contribution < 1.29 is 4.79 Å². The molecule has 6 nitrogen and oxygen atoms in total. The maximum Gasteiger partial charge on any atom is 0.267 e. The lowest BCUT2D eigenvalue weighted by molar-refractivity contribution is 0.1000. The van der Waals surface area contributed by atoms with E-state index in [0.717, 1.165) is 19.4 Å². The zero-order chi connectivity index (χ0) is 19.1. The monoisotopic (exact) mass is 402 g/mol. The Hall–Kier alpha value is -2.41. The van der Waals surface area contributed by atoms with Gasteiger partial charge in [-0.25, -0.2) is 4.98 Å². The highest BCUT2D eigenvalue weighted by molar-refractivity contribution is 6.39. The van der Waals surface area contributed by atoms with Gasteiger partial charge >= 0.3 is 0 Å². The number of hydrogen-bond donors (Lipinski definition) is 2. The smallest absolute Gasteiger partial charge is 0.267 e. The van der Waals surface area contributed by atoms with Gasteiger partial charge in [0.25, 0.3) is 5.56 Å². The third-order valence-electron chi connectivity index (χ3n) is 4.71. The Bertz CT molecular complexity index is 1120. The Kier molecular flexibility index (Phi) is 4.63. The van der Waals surface area contributed by atoms with Crippen LogP contribution in [-0.2, 0) is 0 Å². The topological polar surface area (TPSA) is 90.0 Å². The fourth-order valence-corrected chi connectivity index (χ4v) is 3.85. The molecule has 1 fully saturated rings. The van der Waals surface area contributed by atoms with Gasteiger partial charge < -0.3 is 11.1 Å². The summed E-state index contributed by atoms with van der Waals surface area (Å²) >= 11 is 12.6. The van der Waals surface area contributed by atoms with Gasteiger partial charge in [-0.3, -0.25) is 14.2 Å². The molecule has 8 heteroatoms. The molecule has 0 saturated carbocycles. The fraction of sp³-hybridized carbons (Fsp3) is 0.211. The highest BCUT2D eigenvalue weighted by Gasteiger charge is 2.25. The van der Waals surface area contributed by atoms with Gasteiger partial charge in [0.05, 0.1) is 32.7 Å². The summed E-state index contributed by atoms with van der Waals surface area (Å²) in [6.07, 6.45) is 1.81. The van der Waals surface area contributed by atoms with Crippen LogP contribution in [0.15, 0.2) is 41.2 Å². The van der Waals surface area contributed by atoms with Crippen LogP contribution in [0.3, 0.4) is 0 Å². The molecule has 3 aromatic rings. The highest BCUT2D eigenvalue weighted by atomic mass is 35.5. The van der Waals surface area contributed by atoms with Crippen molar-refractivity contribution >= 4 is 40.0 Å². The number of halogens is 2. The molecule has 1 aromatic heterocycles. The van der Waals surface area contributed by atoms with Crippen molar-refractivity contribution in [2.45, 2.75) is 18.9 Å². The molecule has 1 atom stereocenters. The van der Waals surface area contributed by atoms with E-state index in [9.17, 15) is 9.59 Å². The van der Waals surface area contributed by atoms with Gasteiger partial charge in [-0.15, -0.1) is 0 Å². The van der Waals surface area contributed by atoms with Crippen LogP contribution in [0, 0.1) is 0 Å². The lowest BCUT2D eigenvalue weighted by Gasteiger charge is -2.19. The number of amides is 1. The summed E-state index contributed by atoms with van der Waals surface area (Å²) in [5, 5.41) is 4.24. The summed E-state index contributed by atoms with van der Waals surface area (Å²) < 4.78 is 1.49. The lowest BCUT2D eigenvalue weighted by atomic mass is 10.1. The first kappa shape index (κ1) is 18.0. The van der Waals surface area contributed by atoms with Crippen molar-refractivity contribution in [1.82, 2.24) is 14.9 Å². The largest absolute Gasteiger partial charge is 0.366 e. The van der Waals surface area contributed by atoms with Crippen LogP contribution in [-0.4, -0.2) is 22.0 Å². The second-order valence-corrected chi connectivity index (χ2v) is 7.24. The quantitative estimate of drug-likeness (QED) is 0.703. The minimum Gasteiger partial charge on any atom is -0.366 e. The third kappa shape index (κ3) is 3.10. The van der Waals surface area contributed by atoms with E-state index in [-0.39, 0.29) is 22.0 Å². The predicted octanol–water partition coefficient (Wildman–Crippen LogP) is 3.22. The number of nitrogens with two attached hydrogens (primary N) is 1. The Morgan fingerprint density at radius 3 is 2.70 bits per heavy atom. The van der Waals surface area contributed by atoms with Gasteiger partial charge in [0, 0.05) is 5.56 Å². The Morgan fingerprint density at radius 1 is 1.22 bits per heavy atom. The average molecular weight is 403 g/mol. The fourth-order valence-electron chi connectivity index (χ4n) is 3.42. The van der Waals surface area contributed by atoms with Crippen LogP contribution in [0.25, 0.3) is 16.6 Å². The van der Waals surface area contributed by atoms with Crippen molar-refractivity contribution in [2.24, 2.45) is 5.73 Å². The molecule has 0 bridgehead atoms. The second-order valence-electron chi connectivity index (χ2n) is 6.43. The van der Waals surface area contributed by atoms with E-state index in [1.165, 1.54) is 4.57 Å². The number of nitrogens with one attached hydrogen (secondary N) is 1. The van der Waals surface area contributed by atoms with Crippen molar-refractivity contribution in [1.29, 1.82) is 0 Å². The first-order valence-corrected chi connectivity index (χ1v) is 9.27. The normalized spacial score (nSPS) is 16.7. The molecular formula is C19H16Cl2N4O2. The minimum absolute atomic E-state index is 0.102. The molecule has 4 rings (SSSR count). The summed E-state index contributed by atoms with van der Waals surface area (Å²) in [6, 6.07) is 9.69. The van der Waals surface area contributed by atoms with Crippen LogP contribution in [0.5, 0.6) is 0 Å². The third-order valence-corrected chi connectivity index (χ3v) is 5.33. The van der Waals surface area contributed by atoms with Gasteiger partial charge in [-0.2, -0.15) is 0 Å². The van der Waals surface area contributed by atoms with Gasteiger partial charge in [0.15, 0.2) is 0 Å². The van der Waals surface area contributed by atoms with E-state index in [1.807, 2.05) is 0 Å². The summed E-state index contributed by atoms with van der Waals surface area (Å²) in [5.41, 5.74) is 6.25. The molecule has 0 unspecified atom stereocenters. The van der Waals surface area contributed by atoms with E-state index >= 15 is 0 Å². The first-order valence-electron chi connectivity index (χ1n) is 8.51. The van der Waals surface area contributed by atoms with Gasteiger partial charge in [0.1, 0.15) is 5.82 Å². The molecule has 0 spiro atoms. The van der Waals surface area contributed by atoms with Crippen LogP contribution in [0.4, 0.5) is 0 Å². The SMILES string of the molecule is NC(=O)c1cccc(-n2c([C@@H]3CCCN3)nc3c(Cl)ccc(Cl)c3c2=O)c1. The number of fused-ring (bicyclic) bond motifs is 1. The number of primary amides is 1. The average Bonchev–Trinajstić information content (AvgIpc) is 3.19. The molecule has 27 heavy (non-hydrogen) atoms. The summed E-state index contributed by atoms with van der Waals surface area (Å²) in [7, 11) is 0. The van der Waals surface area contributed by atoms with Crippen LogP contribution in [0.1, 0.15) is 35.1 Å². The molecule has 2 aromatic carbocycles. The Balaban J connectivity index is 2.08. The van der Waals surface area contributed by atoms with Crippen molar-refractivity contribution in [3.05, 3.63) is 68.2 Å². The summed E-state index contributed by atoms with van der Waals surface area (Å²) in [6.45, 7) is 0.836. The molecule has 2 heterocycles. The Labute approximate surface area is 164 Å². The van der Waals surface area contributed by atoms with E-state index in [4.69, 9.17) is 33.9 Å². The zero-order valence-corrected chi connectivity index (χ0v) is 15.7. The molecule has 1 aliphatic rings. The molecule has 3 N–H and O–H groups in total. The number of aromatic nitrogens is 2. The number of nitrogens with zero attached hydrogens (tertiary/aromatic N) is 2. The van der Waals surface area contributed by atoms with Crippen molar-refractivity contribution in [3.8, 4) is 5.69 Å². The van der Waals surface area contributed by atoms with Crippen molar-refractivity contribution in [3.63, 3.8) is 0 Å². The van der Waals surface area contributed by atoms with Crippen LogP contribution >= 0.6 is 23.2 Å². The van der Waals surface area contributed by atoms with Gasteiger partial charge in [0.2, 0.25) is 5.91 Å². The number of benzene rings is 2. The standard InChI is InChI=1S/C19H16Cl2N4O2/c20-12-6-7-13(21)16-15(12)19(27)25(18(24-16)14-5-2-8-23-14)11-4-1-3-10(9-11)17(22)26/h1,3-4,6-7,9,14,23H,2,5,8H2,(H2,22,26)/t14-/m0/s1. The number of carbonyl (C=O) groups is 1. The summed E-state index contributed by atoms with van der Waals surface area (Å²) in [4.78, 5) is 29.7. The molecule has 138 valence electrons. The second kappa shape index (κ2) is 6.96. The van der Waals surface area contributed by atoms with E-state index in [2.05, 4.69) is 5.32 Å². The van der Waals surface area contributed by atoms with E-state index < -0.39 is 5.91 Å². The molecule has 0 aliphatic carbocycles. The molecule has 1 saturated heterocycles. The predicted molar refractivity (Wildman–Crippen MR) is 106 cm³/mol. The molecule has 1 amide bonds. The summed E-state index contributed by atoms with van der Waals surface area (Å²) in [5.74, 6) is -0.0314. The number of rotatable bonds is 3. The maximum absolute atomic E-state index is 13.4. The van der Waals surface area contributed by atoms with E-state index in [0.29, 0.717) is 27.6 Å². The van der Waals surface area contributed by atoms with Gasteiger partial charge in [-0.05, 0) is 49.7 Å². The number of hydrogen-bond acceptors (Lipinski definition) is 4. The first-order chi connectivity index (χ1) is 13.0. The molecular weight excluding hydrogens is 387 g/mol. The van der Waals surface area contributed by atoms with E-state index in [1.54, 1.807) is 36.4 Å². The number of carbonyl (C=O) groups excluding carboxylic acids is 1. The minimum atomic E-state index is -0.569. The Morgan fingerprint density at radius 2 is 2.00 bits per heavy atom. The highest BCUT2D eigenvalue weighted by Crippen LogP contribution is 2.30. The van der Waals surface area contributed by atoms with Crippen LogP contribution in [0.2, 0.25) is 10.0 Å².